The molecule has 1 unspecified atom stereocenters. The molecule has 3 aliphatic rings. The largest absolute Gasteiger partial charge is 0.486 e. The summed E-state index contributed by atoms with van der Waals surface area (Å²) in [6, 6.07) is 11.1. The Bertz CT molecular complexity index is 1210. The first-order valence-corrected chi connectivity index (χ1v) is 13.0. The molecule has 0 bridgehead atoms. The second-order valence-electron chi connectivity index (χ2n) is 8.86. The molecule has 0 aromatic heterocycles. The lowest BCUT2D eigenvalue weighted by Gasteiger charge is -2.32. The van der Waals surface area contributed by atoms with Gasteiger partial charge in [-0.15, -0.1) is 0 Å². The number of fused-ring (bicyclic) bond motifs is 1. The zero-order valence-corrected chi connectivity index (χ0v) is 19.5. The van der Waals surface area contributed by atoms with Crippen LogP contribution >= 0.6 is 0 Å². The average molecular weight is 486 g/mol. The summed E-state index contributed by atoms with van der Waals surface area (Å²) in [5, 5.41) is 3.02. The number of amides is 2. The maximum absolute atomic E-state index is 13.1. The molecule has 180 valence electrons. The minimum absolute atomic E-state index is 0.0148. The molecule has 2 aromatic rings. The molecule has 2 aromatic carbocycles. The molecule has 0 spiro atoms. The normalized spacial score (nSPS) is 19.9. The molecule has 2 fully saturated rings. The predicted octanol–water partition coefficient (Wildman–Crippen LogP) is 2.39. The van der Waals surface area contributed by atoms with E-state index >= 15 is 0 Å². The molecule has 1 atom stereocenters. The summed E-state index contributed by atoms with van der Waals surface area (Å²) in [6.07, 6.45) is 3.56. The van der Waals surface area contributed by atoms with Crippen LogP contribution in [-0.4, -0.2) is 57.5 Å². The molecule has 1 saturated carbocycles. The maximum Gasteiger partial charge on any atom is 0.262 e. The highest BCUT2D eigenvalue weighted by Gasteiger charge is 2.32. The predicted molar refractivity (Wildman–Crippen MR) is 124 cm³/mol. The second kappa shape index (κ2) is 9.17. The van der Waals surface area contributed by atoms with E-state index in [0.29, 0.717) is 43.4 Å². The van der Waals surface area contributed by atoms with Crippen molar-refractivity contribution in [3.63, 3.8) is 0 Å². The van der Waals surface area contributed by atoms with Gasteiger partial charge in [0, 0.05) is 36.4 Å². The van der Waals surface area contributed by atoms with Crippen LogP contribution in [0, 0.1) is 5.92 Å². The molecular weight excluding hydrogens is 458 g/mol. The highest BCUT2D eigenvalue weighted by atomic mass is 32.2. The smallest absolute Gasteiger partial charge is 0.262 e. The van der Waals surface area contributed by atoms with Crippen molar-refractivity contribution in [1.82, 2.24) is 10.2 Å². The molecule has 34 heavy (non-hydrogen) atoms. The lowest BCUT2D eigenvalue weighted by Crippen LogP contribution is -2.45. The van der Waals surface area contributed by atoms with E-state index in [1.165, 1.54) is 18.2 Å². The van der Waals surface area contributed by atoms with Crippen LogP contribution in [0.4, 0.5) is 5.69 Å². The van der Waals surface area contributed by atoms with Gasteiger partial charge in [-0.3, -0.25) is 14.3 Å². The Hall–Kier alpha value is -3.27. The molecule has 5 rings (SSSR count). The number of carbonyl (C=O) groups excluding carboxylic acids is 2. The van der Waals surface area contributed by atoms with Gasteiger partial charge in [-0.25, -0.2) is 8.42 Å². The van der Waals surface area contributed by atoms with Crippen molar-refractivity contribution in [2.45, 2.75) is 36.6 Å². The van der Waals surface area contributed by atoms with E-state index in [1.54, 1.807) is 29.2 Å². The van der Waals surface area contributed by atoms with Crippen LogP contribution in [0.1, 0.15) is 36.0 Å². The van der Waals surface area contributed by atoms with Crippen LogP contribution in [0.25, 0.3) is 0 Å². The summed E-state index contributed by atoms with van der Waals surface area (Å²) in [7, 11) is -3.90. The van der Waals surface area contributed by atoms with Crippen LogP contribution in [0.5, 0.6) is 11.5 Å². The fraction of sp³-hybridized carbons (Fsp3) is 0.417. The summed E-state index contributed by atoms with van der Waals surface area (Å²) >= 11 is 0. The van der Waals surface area contributed by atoms with Gasteiger partial charge >= 0.3 is 0 Å². The number of piperidine rings is 1. The summed E-state index contributed by atoms with van der Waals surface area (Å²) in [5.41, 5.74) is 0.645. The van der Waals surface area contributed by atoms with Crippen LogP contribution < -0.4 is 19.5 Å². The number of ether oxygens (including phenoxy) is 2. The molecule has 2 aliphatic heterocycles. The number of nitrogens with zero attached hydrogens (tertiary/aromatic N) is 1. The number of sulfonamides is 1. The van der Waals surface area contributed by atoms with Gasteiger partial charge < -0.3 is 19.7 Å². The SMILES string of the molecule is O=C(NC1CC1)C1CCCN(C(=O)c2cccc(NS(=O)(=O)c3ccc4c(c3)OCCO4)c2)C1. The lowest BCUT2D eigenvalue weighted by molar-refractivity contribution is -0.126. The Morgan fingerprint density at radius 1 is 0.971 bits per heavy atom. The molecule has 2 N–H and O–H groups in total. The van der Waals surface area contributed by atoms with Gasteiger partial charge in [-0.1, -0.05) is 6.07 Å². The van der Waals surface area contributed by atoms with Gasteiger partial charge in [0.15, 0.2) is 11.5 Å². The Morgan fingerprint density at radius 3 is 2.56 bits per heavy atom. The highest BCUT2D eigenvalue weighted by molar-refractivity contribution is 7.92. The highest BCUT2D eigenvalue weighted by Crippen LogP contribution is 2.33. The van der Waals surface area contributed by atoms with Crippen molar-refractivity contribution in [3.05, 3.63) is 48.0 Å². The Morgan fingerprint density at radius 2 is 1.76 bits per heavy atom. The molecule has 1 aliphatic carbocycles. The Kier molecular flexibility index (Phi) is 6.07. The number of anilines is 1. The monoisotopic (exact) mass is 485 g/mol. The van der Waals surface area contributed by atoms with Crippen molar-refractivity contribution in [1.29, 1.82) is 0 Å². The van der Waals surface area contributed by atoms with Crippen molar-refractivity contribution < 1.29 is 27.5 Å². The van der Waals surface area contributed by atoms with Gasteiger partial charge in [0.1, 0.15) is 13.2 Å². The topological polar surface area (TPSA) is 114 Å². The van der Waals surface area contributed by atoms with Gasteiger partial charge in [-0.2, -0.15) is 0 Å². The number of benzene rings is 2. The molecule has 2 heterocycles. The third kappa shape index (κ3) is 4.96. The van der Waals surface area contributed by atoms with E-state index in [4.69, 9.17) is 9.47 Å². The quantitative estimate of drug-likeness (QED) is 0.650. The third-order valence-electron chi connectivity index (χ3n) is 6.19. The number of rotatable bonds is 6. The van der Waals surface area contributed by atoms with Gasteiger partial charge in [-0.05, 0) is 56.0 Å². The molecule has 1 saturated heterocycles. The van der Waals surface area contributed by atoms with Gasteiger partial charge in [0.05, 0.1) is 10.8 Å². The number of nitrogens with one attached hydrogen (secondary N) is 2. The average Bonchev–Trinajstić information content (AvgIpc) is 3.67. The number of hydrogen-bond acceptors (Lipinski definition) is 6. The van der Waals surface area contributed by atoms with E-state index in [2.05, 4.69) is 10.0 Å². The van der Waals surface area contributed by atoms with Crippen molar-refractivity contribution in [3.8, 4) is 11.5 Å². The summed E-state index contributed by atoms with van der Waals surface area (Å²) in [4.78, 5) is 27.3. The third-order valence-corrected chi connectivity index (χ3v) is 7.57. The minimum Gasteiger partial charge on any atom is -0.486 e. The van der Waals surface area contributed by atoms with Crippen LogP contribution in [0.15, 0.2) is 47.4 Å². The molecule has 9 nitrogen and oxygen atoms in total. The summed E-state index contributed by atoms with van der Waals surface area (Å²) < 4.78 is 39.3. The first kappa shape index (κ1) is 22.5. The molecule has 2 amide bonds. The lowest BCUT2D eigenvalue weighted by atomic mass is 9.96. The van der Waals surface area contributed by atoms with Crippen LogP contribution in [0.3, 0.4) is 0 Å². The zero-order chi connectivity index (χ0) is 23.7. The first-order valence-electron chi connectivity index (χ1n) is 11.5. The van der Waals surface area contributed by atoms with E-state index < -0.39 is 10.0 Å². The Labute approximate surface area is 198 Å². The summed E-state index contributed by atoms with van der Waals surface area (Å²) in [6.45, 7) is 1.71. The fourth-order valence-corrected chi connectivity index (χ4v) is 5.29. The molecular formula is C24H27N3O6S. The standard InChI is InChI=1S/C24H27N3O6S/c28-23(25-18-6-7-18)17-4-2-10-27(15-17)24(29)16-3-1-5-19(13-16)26-34(30,31)20-8-9-21-22(14-20)33-12-11-32-21/h1,3,5,8-9,13-14,17-18,26H,2,4,6-7,10-12,15H2,(H,25,28). The fourth-order valence-electron chi connectivity index (χ4n) is 4.23. The van der Waals surface area contributed by atoms with Gasteiger partial charge in [0.2, 0.25) is 5.91 Å². The van der Waals surface area contributed by atoms with E-state index in [-0.39, 0.29) is 34.4 Å². The number of hydrogen-bond donors (Lipinski definition) is 2. The summed E-state index contributed by atoms with van der Waals surface area (Å²) in [5.74, 6) is 0.465. The zero-order valence-electron chi connectivity index (χ0n) is 18.7. The van der Waals surface area contributed by atoms with E-state index in [9.17, 15) is 18.0 Å². The molecule has 0 radical (unpaired) electrons. The number of carbonyl (C=O) groups is 2. The van der Waals surface area contributed by atoms with E-state index in [1.807, 2.05) is 0 Å². The van der Waals surface area contributed by atoms with Crippen LogP contribution in [0.2, 0.25) is 0 Å². The van der Waals surface area contributed by atoms with E-state index in [0.717, 1.165) is 25.7 Å². The Balaban J connectivity index is 1.28. The first-order chi connectivity index (χ1) is 16.4. The van der Waals surface area contributed by atoms with Crippen molar-refractivity contribution in [2.75, 3.05) is 31.0 Å². The van der Waals surface area contributed by atoms with Gasteiger partial charge in [0.25, 0.3) is 15.9 Å². The van der Waals surface area contributed by atoms with Crippen molar-refractivity contribution >= 4 is 27.5 Å². The van der Waals surface area contributed by atoms with Crippen molar-refractivity contribution in [2.24, 2.45) is 5.92 Å². The molecule has 10 heteroatoms. The second-order valence-corrected chi connectivity index (χ2v) is 10.5. The minimum atomic E-state index is -3.90. The maximum atomic E-state index is 13.1. The van der Waals surface area contributed by atoms with Crippen LogP contribution in [-0.2, 0) is 14.8 Å². The number of likely N-dealkylation sites (tertiary alicyclic amines) is 1.